The predicted molar refractivity (Wildman–Crippen MR) is 125 cm³/mol. The van der Waals surface area contributed by atoms with Gasteiger partial charge in [0.2, 0.25) is 0 Å². The monoisotopic (exact) mass is 479 g/mol. The van der Waals surface area contributed by atoms with E-state index in [1.54, 1.807) is 24.4 Å². The molecule has 0 fully saturated rings. The zero-order valence-electron chi connectivity index (χ0n) is 17.7. The Morgan fingerprint density at radius 2 is 1.84 bits per heavy atom. The second kappa shape index (κ2) is 11.9. The van der Waals surface area contributed by atoms with Gasteiger partial charge in [0.1, 0.15) is 12.6 Å². The van der Waals surface area contributed by atoms with Crippen molar-refractivity contribution >= 4 is 40.9 Å². The minimum Gasteiger partial charge on any atom is -0.488 e. The summed E-state index contributed by atoms with van der Waals surface area (Å²) in [5.41, 5.74) is 0.0974. The maximum Gasteiger partial charge on any atom is 0.326 e. The van der Waals surface area contributed by atoms with Crippen molar-refractivity contribution in [3.05, 3.63) is 52.1 Å². The molecule has 0 radical (unpaired) electrons. The maximum atomic E-state index is 12.4. The molecule has 32 heavy (non-hydrogen) atoms. The number of anilines is 1. The molecule has 2 aromatic rings. The highest BCUT2D eigenvalue weighted by Gasteiger charge is 2.23. The lowest BCUT2D eigenvalue weighted by Gasteiger charge is -2.26. The van der Waals surface area contributed by atoms with Crippen molar-refractivity contribution in [1.29, 1.82) is 0 Å². The SMILES string of the molecule is O=C(NC(CCCCCCCC1COc2cccnc2N1)C(=O)O)c1c(Cl)cccc1Cl. The molecule has 0 saturated carbocycles. The van der Waals surface area contributed by atoms with Gasteiger partial charge in [0.25, 0.3) is 5.91 Å². The van der Waals surface area contributed by atoms with E-state index in [2.05, 4.69) is 15.6 Å². The highest BCUT2D eigenvalue weighted by Crippen LogP contribution is 2.27. The van der Waals surface area contributed by atoms with E-state index >= 15 is 0 Å². The molecule has 2 unspecified atom stereocenters. The van der Waals surface area contributed by atoms with Gasteiger partial charge < -0.3 is 20.5 Å². The molecule has 3 N–H and O–H groups in total. The van der Waals surface area contributed by atoms with Crippen molar-refractivity contribution in [3.63, 3.8) is 0 Å². The number of unbranched alkanes of at least 4 members (excludes halogenated alkanes) is 4. The van der Waals surface area contributed by atoms with Crippen molar-refractivity contribution < 1.29 is 19.4 Å². The van der Waals surface area contributed by atoms with E-state index < -0.39 is 17.9 Å². The van der Waals surface area contributed by atoms with Gasteiger partial charge in [-0.25, -0.2) is 9.78 Å². The Bertz CT molecular complexity index is 921. The van der Waals surface area contributed by atoms with Crippen LogP contribution in [0.5, 0.6) is 5.75 Å². The summed E-state index contributed by atoms with van der Waals surface area (Å²) in [6, 6.07) is 7.74. The minimum atomic E-state index is -1.07. The Labute approximate surface area is 197 Å². The lowest BCUT2D eigenvalue weighted by atomic mass is 10.0. The quantitative estimate of drug-likeness (QED) is 0.384. The fourth-order valence-electron chi connectivity index (χ4n) is 3.67. The van der Waals surface area contributed by atoms with Gasteiger partial charge in [-0.1, -0.05) is 61.4 Å². The van der Waals surface area contributed by atoms with Crippen molar-refractivity contribution in [2.45, 2.75) is 57.0 Å². The molecule has 3 rings (SSSR count). The molecule has 1 amide bonds. The number of hydrogen-bond acceptors (Lipinski definition) is 5. The molecule has 172 valence electrons. The Kier molecular flexibility index (Phi) is 9.00. The number of halogens is 2. The fourth-order valence-corrected chi connectivity index (χ4v) is 4.24. The molecular formula is C23H27Cl2N3O4. The third-order valence-electron chi connectivity index (χ3n) is 5.39. The lowest BCUT2D eigenvalue weighted by Crippen LogP contribution is -2.41. The first-order chi connectivity index (χ1) is 15.5. The first-order valence-corrected chi connectivity index (χ1v) is 11.5. The Morgan fingerprint density at radius 3 is 2.59 bits per heavy atom. The molecule has 1 aromatic heterocycles. The summed E-state index contributed by atoms with van der Waals surface area (Å²) in [6.45, 7) is 0.633. The van der Waals surface area contributed by atoms with Gasteiger partial charge in [-0.15, -0.1) is 0 Å². The van der Waals surface area contributed by atoms with E-state index in [9.17, 15) is 14.7 Å². The third-order valence-corrected chi connectivity index (χ3v) is 6.02. The van der Waals surface area contributed by atoms with Gasteiger partial charge in [-0.2, -0.15) is 0 Å². The van der Waals surface area contributed by atoms with Crippen molar-refractivity contribution in [2.75, 3.05) is 11.9 Å². The summed E-state index contributed by atoms with van der Waals surface area (Å²) in [6.07, 6.45) is 7.78. The van der Waals surface area contributed by atoms with E-state index in [4.69, 9.17) is 27.9 Å². The van der Waals surface area contributed by atoms with Crippen LogP contribution in [0.2, 0.25) is 10.0 Å². The number of nitrogens with one attached hydrogen (secondary N) is 2. The van der Waals surface area contributed by atoms with Gasteiger partial charge >= 0.3 is 5.97 Å². The number of hydrogen-bond donors (Lipinski definition) is 3. The van der Waals surface area contributed by atoms with Gasteiger partial charge in [-0.05, 0) is 37.1 Å². The summed E-state index contributed by atoms with van der Waals surface area (Å²) in [5, 5.41) is 15.8. The van der Waals surface area contributed by atoms with Crippen molar-refractivity contribution in [3.8, 4) is 5.75 Å². The van der Waals surface area contributed by atoms with E-state index in [1.807, 2.05) is 12.1 Å². The number of nitrogens with zero attached hydrogens (tertiary/aromatic N) is 1. The molecule has 0 saturated heterocycles. The van der Waals surface area contributed by atoms with Crippen LogP contribution in [0.4, 0.5) is 5.82 Å². The van der Waals surface area contributed by atoms with E-state index in [1.165, 1.54) is 0 Å². The molecule has 7 nitrogen and oxygen atoms in total. The number of aromatic nitrogens is 1. The predicted octanol–water partition coefficient (Wildman–Crippen LogP) is 5.18. The fraction of sp³-hybridized carbons (Fsp3) is 0.435. The van der Waals surface area contributed by atoms with Crippen LogP contribution in [0, 0.1) is 0 Å². The van der Waals surface area contributed by atoms with E-state index in [0.717, 1.165) is 43.7 Å². The van der Waals surface area contributed by atoms with Crippen LogP contribution < -0.4 is 15.4 Å². The second-order valence-corrected chi connectivity index (χ2v) is 8.62. The third kappa shape index (κ3) is 6.74. The average Bonchev–Trinajstić information content (AvgIpc) is 2.77. The number of benzene rings is 1. The highest BCUT2D eigenvalue weighted by molar-refractivity contribution is 6.39. The molecule has 1 aliphatic heterocycles. The van der Waals surface area contributed by atoms with Crippen LogP contribution in [-0.2, 0) is 4.79 Å². The van der Waals surface area contributed by atoms with Gasteiger partial charge in [0, 0.05) is 6.20 Å². The second-order valence-electron chi connectivity index (χ2n) is 7.81. The minimum absolute atomic E-state index is 0.0974. The van der Waals surface area contributed by atoms with Gasteiger partial charge in [0.05, 0.1) is 21.7 Å². The maximum absolute atomic E-state index is 12.4. The number of ether oxygens (including phenoxy) is 1. The summed E-state index contributed by atoms with van der Waals surface area (Å²) < 4.78 is 5.73. The number of carbonyl (C=O) groups is 2. The number of rotatable bonds is 11. The number of carboxylic acid groups (broad SMARTS) is 1. The number of pyridine rings is 1. The smallest absolute Gasteiger partial charge is 0.326 e. The van der Waals surface area contributed by atoms with Crippen molar-refractivity contribution in [1.82, 2.24) is 10.3 Å². The van der Waals surface area contributed by atoms with Crippen LogP contribution >= 0.6 is 23.2 Å². The van der Waals surface area contributed by atoms with E-state index in [0.29, 0.717) is 19.4 Å². The lowest BCUT2D eigenvalue weighted by molar-refractivity contribution is -0.139. The molecule has 9 heteroatoms. The summed E-state index contributed by atoms with van der Waals surface area (Å²) in [7, 11) is 0. The van der Waals surface area contributed by atoms with Gasteiger partial charge in [0.15, 0.2) is 11.6 Å². The first kappa shape index (κ1) is 24.1. The Morgan fingerprint density at radius 1 is 1.12 bits per heavy atom. The number of fused-ring (bicyclic) bond motifs is 1. The number of carbonyl (C=O) groups excluding carboxylic acids is 1. The zero-order chi connectivity index (χ0) is 22.9. The largest absolute Gasteiger partial charge is 0.488 e. The average molecular weight is 480 g/mol. The van der Waals surface area contributed by atoms with Crippen LogP contribution in [0.15, 0.2) is 36.5 Å². The Hall–Kier alpha value is -2.51. The molecule has 0 spiro atoms. The molecule has 0 aliphatic carbocycles. The standard InChI is InChI=1S/C23H27Cl2N3O4/c24-16-9-6-10-17(25)20(16)22(29)28-18(23(30)31)11-5-3-1-2-4-8-15-14-32-19-12-7-13-26-21(19)27-15/h6-7,9-10,12-13,15,18H,1-5,8,11,14H2,(H,26,27)(H,28,29)(H,30,31). The van der Waals surface area contributed by atoms with Crippen molar-refractivity contribution in [2.24, 2.45) is 0 Å². The molecule has 1 aromatic carbocycles. The normalized spacial score (nSPS) is 15.8. The zero-order valence-corrected chi connectivity index (χ0v) is 19.2. The Balaban J connectivity index is 1.33. The summed E-state index contributed by atoms with van der Waals surface area (Å²) in [4.78, 5) is 28.3. The molecule has 2 heterocycles. The molecule has 2 atom stereocenters. The highest BCUT2D eigenvalue weighted by atomic mass is 35.5. The summed E-state index contributed by atoms with van der Waals surface area (Å²) in [5.74, 6) is -0.0609. The number of aliphatic carboxylic acids is 1. The van der Waals surface area contributed by atoms with E-state index in [-0.39, 0.29) is 21.7 Å². The molecule has 0 bridgehead atoms. The molecule has 1 aliphatic rings. The van der Waals surface area contributed by atoms with Crippen LogP contribution in [0.25, 0.3) is 0 Å². The van der Waals surface area contributed by atoms with Gasteiger partial charge in [-0.3, -0.25) is 4.79 Å². The molecular weight excluding hydrogens is 453 g/mol. The topological polar surface area (TPSA) is 101 Å². The number of carboxylic acids is 1. The number of amides is 1. The van der Waals surface area contributed by atoms with Crippen LogP contribution in [0.3, 0.4) is 0 Å². The first-order valence-electron chi connectivity index (χ1n) is 10.8. The van der Waals surface area contributed by atoms with Crippen LogP contribution in [0.1, 0.15) is 55.3 Å². The summed E-state index contributed by atoms with van der Waals surface area (Å²) >= 11 is 12.1. The van der Waals surface area contributed by atoms with Crippen LogP contribution in [-0.4, -0.2) is 40.7 Å².